The van der Waals surface area contributed by atoms with Crippen molar-refractivity contribution in [2.75, 3.05) is 33.2 Å². The number of nitrogens with zero attached hydrogens (tertiary/aromatic N) is 2. The molecule has 4 heteroatoms. The van der Waals surface area contributed by atoms with E-state index in [-0.39, 0.29) is 12.5 Å². The van der Waals surface area contributed by atoms with Crippen LogP contribution in [0.1, 0.15) is 19.8 Å². The van der Waals surface area contributed by atoms with E-state index in [1.54, 1.807) is 0 Å². The smallest absolute Gasteiger partial charge is 0.236 e. The highest BCUT2D eigenvalue weighted by molar-refractivity contribution is 5.78. The van der Waals surface area contributed by atoms with Crippen LogP contribution < -0.4 is 5.73 Å². The third-order valence-electron chi connectivity index (χ3n) is 2.87. The summed E-state index contributed by atoms with van der Waals surface area (Å²) >= 11 is 0. The van der Waals surface area contributed by atoms with E-state index < -0.39 is 0 Å². The van der Waals surface area contributed by atoms with Gasteiger partial charge in [0.1, 0.15) is 0 Å². The van der Waals surface area contributed by atoms with Gasteiger partial charge in [0.15, 0.2) is 0 Å². The van der Waals surface area contributed by atoms with Gasteiger partial charge in [-0.05, 0) is 26.4 Å². The van der Waals surface area contributed by atoms with Crippen LogP contribution in [-0.2, 0) is 4.79 Å². The Hall–Kier alpha value is -0.610. The Kier molecular flexibility index (Phi) is 4.35. The molecular formula is C10H21N3O. The van der Waals surface area contributed by atoms with Gasteiger partial charge in [0, 0.05) is 19.1 Å². The highest BCUT2D eigenvalue weighted by atomic mass is 16.2. The first-order chi connectivity index (χ1) is 6.69. The average Bonchev–Trinajstić information content (AvgIpc) is 2.38. The number of hydrogen-bond acceptors (Lipinski definition) is 3. The van der Waals surface area contributed by atoms with E-state index in [0.29, 0.717) is 6.04 Å². The average molecular weight is 199 g/mol. The first kappa shape index (κ1) is 11.5. The summed E-state index contributed by atoms with van der Waals surface area (Å²) in [4.78, 5) is 15.8. The zero-order chi connectivity index (χ0) is 10.6. The fourth-order valence-electron chi connectivity index (χ4n) is 2.04. The summed E-state index contributed by atoms with van der Waals surface area (Å²) in [5.74, 6) is 0.0900. The molecule has 0 spiro atoms. The number of rotatable bonds is 2. The molecule has 1 amide bonds. The lowest BCUT2D eigenvalue weighted by atomic mass is 10.2. The molecule has 82 valence electrons. The summed E-state index contributed by atoms with van der Waals surface area (Å²) in [7, 11) is 2.11. The Morgan fingerprint density at radius 2 is 2.21 bits per heavy atom. The number of amides is 1. The second-order valence-corrected chi connectivity index (χ2v) is 3.97. The van der Waals surface area contributed by atoms with E-state index in [9.17, 15) is 4.79 Å². The number of carbonyl (C=O) groups excluding carboxylic acids is 1. The quantitative estimate of drug-likeness (QED) is 0.675. The summed E-state index contributed by atoms with van der Waals surface area (Å²) < 4.78 is 0. The second kappa shape index (κ2) is 5.32. The van der Waals surface area contributed by atoms with Gasteiger partial charge in [0.25, 0.3) is 0 Å². The van der Waals surface area contributed by atoms with E-state index in [4.69, 9.17) is 5.73 Å². The molecule has 0 aliphatic carbocycles. The topological polar surface area (TPSA) is 49.6 Å². The minimum Gasteiger partial charge on any atom is -0.337 e. The largest absolute Gasteiger partial charge is 0.337 e. The molecule has 4 nitrogen and oxygen atoms in total. The molecule has 1 aliphatic rings. The van der Waals surface area contributed by atoms with Crippen molar-refractivity contribution in [3.63, 3.8) is 0 Å². The first-order valence-electron chi connectivity index (χ1n) is 5.37. The Bertz CT molecular complexity index is 196. The fourth-order valence-corrected chi connectivity index (χ4v) is 2.04. The van der Waals surface area contributed by atoms with Crippen molar-refractivity contribution in [3.8, 4) is 0 Å². The molecule has 1 saturated heterocycles. The molecule has 0 aromatic heterocycles. The molecular weight excluding hydrogens is 178 g/mol. The number of likely N-dealkylation sites (N-methyl/N-ethyl adjacent to an activating group) is 1. The van der Waals surface area contributed by atoms with Gasteiger partial charge in [-0.2, -0.15) is 0 Å². The van der Waals surface area contributed by atoms with E-state index in [1.807, 2.05) is 4.90 Å². The standard InChI is InChI=1S/C10H21N3O/c1-3-9-8-12(2)5-4-6-13(9)10(14)7-11/h9H,3-8,11H2,1-2H3. The maximum atomic E-state index is 11.6. The van der Waals surface area contributed by atoms with E-state index >= 15 is 0 Å². The number of carbonyl (C=O) groups is 1. The Labute approximate surface area is 86.0 Å². The lowest BCUT2D eigenvalue weighted by molar-refractivity contribution is -0.131. The molecule has 1 heterocycles. The van der Waals surface area contributed by atoms with Crippen LogP contribution in [0.2, 0.25) is 0 Å². The molecule has 1 fully saturated rings. The normalized spacial score (nSPS) is 24.8. The zero-order valence-corrected chi connectivity index (χ0v) is 9.20. The predicted molar refractivity (Wildman–Crippen MR) is 57.0 cm³/mol. The van der Waals surface area contributed by atoms with Crippen molar-refractivity contribution in [1.29, 1.82) is 0 Å². The first-order valence-corrected chi connectivity index (χ1v) is 5.37. The summed E-state index contributed by atoms with van der Waals surface area (Å²) in [6.45, 7) is 5.17. The molecule has 14 heavy (non-hydrogen) atoms. The van der Waals surface area contributed by atoms with Crippen LogP contribution in [0.3, 0.4) is 0 Å². The summed E-state index contributed by atoms with van der Waals surface area (Å²) in [6.07, 6.45) is 2.06. The molecule has 0 bridgehead atoms. The highest BCUT2D eigenvalue weighted by Crippen LogP contribution is 2.11. The third kappa shape index (κ3) is 2.69. The molecule has 1 rings (SSSR count). The highest BCUT2D eigenvalue weighted by Gasteiger charge is 2.24. The van der Waals surface area contributed by atoms with Crippen molar-refractivity contribution in [3.05, 3.63) is 0 Å². The number of nitrogens with two attached hydrogens (primary N) is 1. The van der Waals surface area contributed by atoms with Crippen LogP contribution >= 0.6 is 0 Å². The van der Waals surface area contributed by atoms with E-state index in [2.05, 4.69) is 18.9 Å². The van der Waals surface area contributed by atoms with Crippen LogP contribution in [0.5, 0.6) is 0 Å². The lowest BCUT2D eigenvalue weighted by Crippen LogP contribution is -2.45. The van der Waals surface area contributed by atoms with Crippen molar-refractivity contribution < 1.29 is 4.79 Å². The summed E-state index contributed by atoms with van der Waals surface area (Å²) in [5, 5.41) is 0. The van der Waals surface area contributed by atoms with Crippen LogP contribution in [0.15, 0.2) is 0 Å². The van der Waals surface area contributed by atoms with Gasteiger partial charge in [-0.15, -0.1) is 0 Å². The molecule has 2 N–H and O–H groups in total. The molecule has 1 aliphatic heterocycles. The van der Waals surface area contributed by atoms with Crippen LogP contribution in [0.25, 0.3) is 0 Å². The van der Waals surface area contributed by atoms with Gasteiger partial charge in [0.05, 0.1) is 6.54 Å². The fraction of sp³-hybridized carbons (Fsp3) is 0.900. The van der Waals surface area contributed by atoms with Gasteiger partial charge < -0.3 is 15.5 Å². The molecule has 1 atom stereocenters. The van der Waals surface area contributed by atoms with E-state index in [1.165, 1.54) is 0 Å². The maximum Gasteiger partial charge on any atom is 0.236 e. The van der Waals surface area contributed by atoms with Gasteiger partial charge >= 0.3 is 0 Å². The molecule has 0 saturated carbocycles. The van der Waals surface area contributed by atoms with Gasteiger partial charge in [-0.25, -0.2) is 0 Å². The Morgan fingerprint density at radius 1 is 1.50 bits per heavy atom. The second-order valence-electron chi connectivity index (χ2n) is 3.97. The SMILES string of the molecule is CCC1CN(C)CCCN1C(=O)CN. The van der Waals surface area contributed by atoms with Crippen LogP contribution in [0, 0.1) is 0 Å². The van der Waals surface area contributed by atoms with Crippen LogP contribution in [-0.4, -0.2) is 55.0 Å². The van der Waals surface area contributed by atoms with Gasteiger partial charge in [-0.1, -0.05) is 6.92 Å². The molecule has 1 unspecified atom stereocenters. The van der Waals surface area contributed by atoms with Crippen LogP contribution in [0.4, 0.5) is 0 Å². The van der Waals surface area contributed by atoms with Gasteiger partial charge in [-0.3, -0.25) is 4.79 Å². The third-order valence-corrected chi connectivity index (χ3v) is 2.87. The van der Waals surface area contributed by atoms with Crippen molar-refractivity contribution >= 4 is 5.91 Å². The Balaban J connectivity index is 2.65. The van der Waals surface area contributed by atoms with Crippen molar-refractivity contribution in [1.82, 2.24) is 9.80 Å². The minimum absolute atomic E-state index is 0.0900. The maximum absolute atomic E-state index is 11.6. The monoisotopic (exact) mass is 199 g/mol. The van der Waals surface area contributed by atoms with Gasteiger partial charge in [0.2, 0.25) is 5.91 Å². The minimum atomic E-state index is 0.0900. The number of hydrogen-bond donors (Lipinski definition) is 1. The summed E-state index contributed by atoms with van der Waals surface area (Å²) in [5.41, 5.74) is 5.40. The summed E-state index contributed by atoms with van der Waals surface area (Å²) in [6, 6.07) is 0.346. The van der Waals surface area contributed by atoms with Crippen molar-refractivity contribution in [2.24, 2.45) is 5.73 Å². The van der Waals surface area contributed by atoms with Crippen molar-refractivity contribution in [2.45, 2.75) is 25.8 Å². The molecule has 0 radical (unpaired) electrons. The van der Waals surface area contributed by atoms with E-state index in [0.717, 1.165) is 32.5 Å². The Morgan fingerprint density at radius 3 is 2.79 bits per heavy atom. The predicted octanol–water partition coefficient (Wildman–Crippen LogP) is -0.112. The molecule has 0 aromatic carbocycles. The zero-order valence-electron chi connectivity index (χ0n) is 9.20. The molecule has 0 aromatic rings. The lowest BCUT2D eigenvalue weighted by Gasteiger charge is -2.29.